The molecule has 17 nitrogen and oxygen atoms in total. The Hall–Kier alpha value is -5.76. The van der Waals surface area contributed by atoms with Crippen molar-refractivity contribution in [2.24, 2.45) is 17.8 Å². The number of fused-ring (bicyclic) bond motifs is 4. The number of hydrogen-bond donors (Lipinski definition) is 10. The van der Waals surface area contributed by atoms with E-state index < -0.39 is 55.3 Å². The maximum atomic E-state index is 14.0. The second-order valence-electron chi connectivity index (χ2n) is 20.0. The Morgan fingerprint density at radius 3 is 2.56 bits per heavy atom. The Morgan fingerprint density at radius 1 is 0.986 bits per heavy atom. The Morgan fingerprint density at radius 2 is 1.80 bits per heavy atom. The highest BCUT2D eigenvalue weighted by atomic mass is 17.2. The van der Waals surface area contributed by atoms with Crippen molar-refractivity contribution in [2.45, 2.75) is 113 Å². The number of carbonyl (C=O) groups excluding carboxylic acids is 1. The Bertz CT molecular complexity index is 3010. The number of carbonyl (C=O) groups is 1. The zero-order valence-electron chi connectivity index (χ0n) is 39.3. The number of nitrogens with one attached hydrogen (secondary N) is 3. The van der Waals surface area contributed by atoms with Gasteiger partial charge in [0.25, 0.3) is 0 Å². The van der Waals surface area contributed by atoms with Crippen molar-refractivity contribution in [3.05, 3.63) is 106 Å². The van der Waals surface area contributed by atoms with E-state index in [4.69, 9.17) is 18.9 Å². The van der Waals surface area contributed by atoms with Crippen LogP contribution in [0.5, 0.6) is 17.2 Å². The summed E-state index contributed by atoms with van der Waals surface area (Å²) in [5.41, 5.74) is -0.204. The monoisotopic (exact) mass is 962 g/mol. The van der Waals surface area contributed by atoms with Gasteiger partial charge in [-0.3, -0.25) is 9.59 Å². The molecule has 1 saturated carbocycles. The molecule has 0 bridgehead atoms. The number of aryl methyl sites for hydroxylation is 2. The van der Waals surface area contributed by atoms with E-state index in [1.165, 1.54) is 36.4 Å². The van der Waals surface area contributed by atoms with Gasteiger partial charge in [-0.05, 0) is 91.8 Å². The summed E-state index contributed by atoms with van der Waals surface area (Å²) in [6.07, 6.45) is 6.46. The van der Waals surface area contributed by atoms with Crippen molar-refractivity contribution in [3.8, 4) is 22.9 Å². The van der Waals surface area contributed by atoms with Gasteiger partial charge in [-0.25, -0.2) is 9.78 Å². The number of phenols is 2. The van der Waals surface area contributed by atoms with Gasteiger partial charge >= 0.3 is 0 Å². The number of amides is 1. The average molecular weight is 963 g/mol. The van der Waals surface area contributed by atoms with Crippen molar-refractivity contribution < 1.29 is 59.5 Å². The third kappa shape index (κ3) is 8.65. The number of phenolic OH excluding ortho intramolecular Hbond substituents is 2. The molecule has 2 fully saturated rings. The van der Waals surface area contributed by atoms with E-state index in [1.807, 2.05) is 23.0 Å². The number of aromatic hydroxyl groups is 2. The Balaban J connectivity index is 1.10. The van der Waals surface area contributed by atoms with Crippen LogP contribution >= 0.6 is 0 Å². The fourth-order valence-corrected chi connectivity index (χ4v) is 11.7. The van der Waals surface area contributed by atoms with Gasteiger partial charge in [0, 0.05) is 84.8 Å². The molecule has 1 spiro atoms. The standard InChI is InChI=1S/C53H62N4O13/c1-3-41-37-14-15-54-40(37)25-57(41)47-49-31(17-39-43(61)16-28(2)68-50(39)47)18-45(53(69-49)22-29(32-19-46(63)56-23-32)8-10-33(53)24-55-34-6-4-5-7-34)70-67-27-52(66,51(65)48(64)44(62)26-58)21-30-9-13-42(60)36-12-11-35(59)20-38(30)36/h8-17,20,25,29,32-34,44-45,48,51,54-55,58-60,62,64-66H,3-7,18-19,21-24,26-27H2,1-2H3,(H,56,63). The number of rotatable bonds is 16. The van der Waals surface area contributed by atoms with E-state index in [9.17, 15) is 45.3 Å². The summed E-state index contributed by atoms with van der Waals surface area (Å²) >= 11 is 0. The van der Waals surface area contributed by atoms with E-state index >= 15 is 0 Å². The van der Waals surface area contributed by atoms with Crippen molar-refractivity contribution in [3.63, 3.8) is 0 Å². The molecular formula is C53H62N4O13. The van der Waals surface area contributed by atoms with E-state index in [0.29, 0.717) is 82.4 Å². The second kappa shape index (κ2) is 19.1. The molecule has 17 heteroatoms. The predicted octanol–water partition coefficient (Wildman–Crippen LogP) is 4.40. The number of H-pyrrole nitrogens is 1. The summed E-state index contributed by atoms with van der Waals surface area (Å²) in [7, 11) is 0. The number of ether oxygens (including phenoxy) is 1. The summed E-state index contributed by atoms with van der Waals surface area (Å²) in [4.78, 5) is 42.8. The van der Waals surface area contributed by atoms with Crippen LogP contribution in [-0.2, 0) is 33.8 Å². The van der Waals surface area contributed by atoms with Crippen LogP contribution in [0.3, 0.4) is 0 Å². The van der Waals surface area contributed by atoms with Gasteiger partial charge in [0.15, 0.2) is 16.8 Å². The zero-order chi connectivity index (χ0) is 49.1. The summed E-state index contributed by atoms with van der Waals surface area (Å²) in [6, 6.07) is 12.7. The Labute approximate surface area is 403 Å². The van der Waals surface area contributed by atoms with Crippen molar-refractivity contribution in [1.82, 2.24) is 20.2 Å². The van der Waals surface area contributed by atoms with Gasteiger partial charge in [-0.1, -0.05) is 38.0 Å². The van der Waals surface area contributed by atoms with E-state index in [2.05, 4.69) is 34.7 Å². The third-order valence-electron chi connectivity index (χ3n) is 15.5. The van der Waals surface area contributed by atoms with Crippen LogP contribution in [0.1, 0.15) is 68.0 Å². The molecule has 2 aliphatic carbocycles. The number of hydrogen-bond acceptors (Lipinski definition) is 14. The second-order valence-corrected chi connectivity index (χ2v) is 20.0. The minimum Gasteiger partial charge on any atom is -0.508 e. The average Bonchev–Trinajstić information content (AvgIpc) is 4.18. The minimum atomic E-state index is -2.44. The first-order chi connectivity index (χ1) is 33.7. The lowest BCUT2D eigenvalue weighted by atomic mass is 9.66. The maximum absolute atomic E-state index is 14.0. The summed E-state index contributed by atoms with van der Waals surface area (Å²) in [5, 5.41) is 85.7. The SMILES string of the molecule is CCc1c2cc[nH]c2cn1-c1c2c(cc3c(=O)cc(C)oc13)CC(OOCC(O)(Cc1ccc(O)c3ccc(O)cc13)C(O)C(O)C(O)CO)C1(CC(C3CNC(=O)C3)C=CC1CNC1CCCC1)O2. The third-order valence-corrected chi connectivity index (χ3v) is 15.5. The molecule has 5 heterocycles. The van der Waals surface area contributed by atoms with Gasteiger partial charge in [0.1, 0.15) is 65.2 Å². The molecule has 10 rings (SSSR count). The van der Waals surface area contributed by atoms with Gasteiger partial charge < -0.3 is 65.1 Å². The molecular weight excluding hydrogens is 901 g/mol. The van der Waals surface area contributed by atoms with Crippen LogP contribution in [-0.4, -0.2) is 119 Å². The Kier molecular flexibility index (Phi) is 13.1. The van der Waals surface area contributed by atoms with Crippen LogP contribution in [0.2, 0.25) is 0 Å². The molecule has 372 valence electrons. The number of aromatic nitrogens is 2. The van der Waals surface area contributed by atoms with Crippen molar-refractivity contribution in [1.29, 1.82) is 0 Å². The van der Waals surface area contributed by atoms with Crippen LogP contribution in [0, 0.1) is 24.7 Å². The number of benzene rings is 3. The highest BCUT2D eigenvalue weighted by Gasteiger charge is 2.56. The largest absolute Gasteiger partial charge is 0.508 e. The molecule has 4 aliphatic rings. The molecule has 9 unspecified atom stereocenters. The fraction of sp³-hybridized carbons (Fsp3) is 0.472. The highest BCUT2D eigenvalue weighted by Crippen LogP contribution is 2.51. The molecule has 2 aliphatic heterocycles. The molecule has 3 aromatic carbocycles. The number of aliphatic hydroxyl groups is 5. The van der Waals surface area contributed by atoms with E-state index in [1.54, 1.807) is 13.0 Å². The lowest BCUT2D eigenvalue weighted by Gasteiger charge is -2.51. The molecule has 1 amide bonds. The van der Waals surface area contributed by atoms with Gasteiger partial charge in [0.2, 0.25) is 5.91 Å². The lowest BCUT2D eigenvalue weighted by Crippen LogP contribution is -2.62. The molecule has 3 aromatic heterocycles. The summed E-state index contributed by atoms with van der Waals surface area (Å²) in [6.45, 7) is 3.04. The number of aliphatic hydroxyl groups excluding tert-OH is 4. The van der Waals surface area contributed by atoms with Gasteiger partial charge in [-0.2, -0.15) is 0 Å². The molecule has 9 atom stereocenters. The first-order valence-corrected chi connectivity index (χ1v) is 24.4. The minimum absolute atomic E-state index is 0.0407. The number of aromatic amines is 1. The molecule has 1 saturated heterocycles. The van der Waals surface area contributed by atoms with E-state index in [-0.39, 0.29) is 53.1 Å². The lowest BCUT2D eigenvalue weighted by molar-refractivity contribution is -0.376. The van der Waals surface area contributed by atoms with Crippen LogP contribution in [0.15, 0.2) is 82.3 Å². The van der Waals surface area contributed by atoms with Crippen molar-refractivity contribution in [2.75, 3.05) is 26.3 Å². The predicted molar refractivity (Wildman–Crippen MR) is 259 cm³/mol. The first kappa shape index (κ1) is 47.9. The first-order valence-electron chi connectivity index (χ1n) is 24.4. The molecule has 0 radical (unpaired) electrons. The van der Waals surface area contributed by atoms with Crippen LogP contribution < -0.4 is 20.8 Å². The topological polar surface area (TPSA) is 261 Å². The van der Waals surface area contributed by atoms with Crippen molar-refractivity contribution >= 4 is 38.6 Å². The maximum Gasteiger partial charge on any atom is 0.220 e. The van der Waals surface area contributed by atoms with Crippen LogP contribution in [0.25, 0.3) is 38.3 Å². The summed E-state index contributed by atoms with van der Waals surface area (Å²) in [5.74, 6) is 0.0591. The summed E-state index contributed by atoms with van der Waals surface area (Å²) < 4.78 is 16.2. The van der Waals surface area contributed by atoms with Gasteiger partial charge in [-0.15, -0.1) is 0 Å². The highest BCUT2D eigenvalue weighted by molar-refractivity contribution is 5.93. The molecule has 6 aromatic rings. The fourth-order valence-electron chi connectivity index (χ4n) is 11.7. The quantitative estimate of drug-likeness (QED) is 0.0367. The zero-order valence-corrected chi connectivity index (χ0v) is 39.3. The number of allylic oxidation sites excluding steroid dienone is 1. The van der Waals surface area contributed by atoms with E-state index in [0.717, 1.165) is 42.3 Å². The molecule has 70 heavy (non-hydrogen) atoms. The normalized spacial score (nSPS) is 24.8. The van der Waals surface area contributed by atoms with Gasteiger partial charge in [0.05, 0.1) is 17.5 Å². The molecule has 10 N–H and O–H groups in total. The van der Waals surface area contributed by atoms with Crippen LogP contribution in [0.4, 0.5) is 0 Å². The number of nitrogens with zero attached hydrogens (tertiary/aromatic N) is 1. The smallest absolute Gasteiger partial charge is 0.220 e.